The van der Waals surface area contributed by atoms with Crippen LogP contribution in [0.3, 0.4) is 0 Å². The van der Waals surface area contributed by atoms with Crippen LogP contribution in [-0.4, -0.2) is 36.0 Å². The lowest BCUT2D eigenvalue weighted by atomic mass is 10.9. The van der Waals surface area contributed by atoms with E-state index in [1.807, 2.05) is 33.9 Å². The Hall–Kier alpha value is 0.894. The van der Waals surface area contributed by atoms with Crippen molar-refractivity contribution in [2.75, 3.05) is 19.8 Å². The van der Waals surface area contributed by atoms with Crippen LogP contribution in [0.25, 0.3) is 0 Å². The van der Waals surface area contributed by atoms with Gasteiger partial charge in [-0.2, -0.15) is 0 Å². The maximum atomic E-state index is 5.43. The van der Waals surface area contributed by atoms with E-state index in [1.165, 1.54) is 0 Å². The highest BCUT2D eigenvalue weighted by atomic mass is 35.7. The predicted octanol–water partition coefficient (Wildman–Crippen LogP) is 2.98. The molecule has 0 aromatic carbocycles. The number of hydrogen-bond acceptors (Lipinski definition) is 3. The van der Waals surface area contributed by atoms with E-state index >= 15 is 0 Å². The van der Waals surface area contributed by atoms with E-state index in [0.717, 1.165) is 0 Å². The van der Waals surface area contributed by atoms with Gasteiger partial charge < -0.3 is 13.3 Å². The Labute approximate surface area is 105 Å². The molecule has 0 fully saturated rings. The Balaban J connectivity index is 0. The van der Waals surface area contributed by atoms with Crippen LogP contribution in [0.1, 0.15) is 20.8 Å². The summed E-state index contributed by atoms with van der Waals surface area (Å²) in [6.07, 6.45) is 0. The standard InChI is InChI=1S/C6H16O3Si.C2H6Cl2Si/c1-4-7-10(8-5-2)9-6-3;1-5(2,3)4/h10H,4-6H2,1-3H3;1-2H3. The lowest BCUT2D eigenvalue weighted by Crippen LogP contribution is -2.27. The lowest BCUT2D eigenvalue weighted by Gasteiger charge is -2.12. The first-order valence-electron chi connectivity index (χ1n) is 5.07. The van der Waals surface area contributed by atoms with E-state index in [0.29, 0.717) is 19.8 Å². The molecule has 0 aromatic heterocycles. The van der Waals surface area contributed by atoms with E-state index in [4.69, 9.17) is 35.4 Å². The van der Waals surface area contributed by atoms with Crippen molar-refractivity contribution in [3.8, 4) is 0 Å². The van der Waals surface area contributed by atoms with E-state index in [9.17, 15) is 0 Å². The third kappa shape index (κ3) is 25.3. The molecule has 0 aliphatic carbocycles. The number of halogens is 2. The molecule has 0 aromatic rings. The molecular weight excluding hydrogens is 271 g/mol. The van der Waals surface area contributed by atoms with Crippen molar-refractivity contribution in [1.82, 2.24) is 0 Å². The molecule has 0 spiro atoms. The largest absolute Gasteiger partial charge is 0.484 e. The summed E-state index contributed by atoms with van der Waals surface area (Å²) in [7, 11) is -1.73. The van der Waals surface area contributed by atoms with Crippen LogP contribution >= 0.6 is 22.2 Å². The van der Waals surface area contributed by atoms with Crippen molar-refractivity contribution in [3.63, 3.8) is 0 Å². The zero-order valence-corrected chi connectivity index (χ0v) is 13.8. The minimum Gasteiger partial charge on any atom is -0.376 e. The fourth-order valence-electron chi connectivity index (χ4n) is 0.553. The van der Waals surface area contributed by atoms with Crippen LogP contribution < -0.4 is 0 Å². The molecule has 0 saturated carbocycles. The van der Waals surface area contributed by atoms with Gasteiger partial charge >= 0.3 is 9.53 Å². The van der Waals surface area contributed by atoms with Crippen LogP contribution in [0.4, 0.5) is 0 Å². The highest BCUT2D eigenvalue weighted by molar-refractivity contribution is 7.44. The fourth-order valence-corrected chi connectivity index (χ4v) is 1.66. The zero-order valence-electron chi connectivity index (χ0n) is 10.2. The minimum absolute atomic E-state index is 0.677. The fraction of sp³-hybridized carbons (Fsp3) is 1.00. The molecule has 0 N–H and O–H groups in total. The second-order valence-electron chi connectivity index (χ2n) is 2.98. The second kappa shape index (κ2) is 11.4. The van der Waals surface area contributed by atoms with Crippen molar-refractivity contribution in [3.05, 3.63) is 0 Å². The van der Waals surface area contributed by atoms with Crippen LogP contribution in [0.15, 0.2) is 0 Å². The molecule has 3 nitrogen and oxygen atoms in total. The molecule has 0 aliphatic heterocycles. The molecule has 0 amide bonds. The highest BCUT2D eigenvalue weighted by Gasteiger charge is 2.11. The molecule has 94 valence electrons. The average molecular weight is 293 g/mol. The van der Waals surface area contributed by atoms with Gasteiger partial charge in [0.2, 0.25) is 6.69 Å². The zero-order chi connectivity index (χ0) is 12.3. The van der Waals surface area contributed by atoms with E-state index < -0.39 is 16.2 Å². The molecule has 15 heavy (non-hydrogen) atoms. The van der Waals surface area contributed by atoms with Crippen LogP contribution in [0, 0.1) is 0 Å². The Morgan fingerprint density at radius 3 is 1.20 bits per heavy atom. The monoisotopic (exact) mass is 292 g/mol. The van der Waals surface area contributed by atoms with Gasteiger partial charge in [-0.25, -0.2) is 0 Å². The first-order valence-corrected chi connectivity index (χ1v) is 11.5. The van der Waals surface area contributed by atoms with Crippen LogP contribution in [-0.2, 0) is 13.3 Å². The number of hydrogen-bond donors (Lipinski definition) is 0. The van der Waals surface area contributed by atoms with E-state index in [-0.39, 0.29) is 0 Å². The summed E-state index contributed by atoms with van der Waals surface area (Å²) in [5, 5.41) is 0. The molecule has 0 bridgehead atoms. The summed E-state index contributed by atoms with van der Waals surface area (Å²) in [5.74, 6) is 0. The van der Waals surface area contributed by atoms with Crippen molar-refractivity contribution in [2.45, 2.75) is 33.9 Å². The van der Waals surface area contributed by atoms with Gasteiger partial charge in [0, 0.05) is 19.8 Å². The van der Waals surface area contributed by atoms with Crippen LogP contribution in [0.5, 0.6) is 0 Å². The average Bonchev–Trinajstić information content (AvgIpc) is 2.02. The van der Waals surface area contributed by atoms with Gasteiger partial charge in [-0.3, -0.25) is 0 Å². The molecule has 0 radical (unpaired) electrons. The second-order valence-corrected chi connectivity index (χ2v) is 13.5. The van der Waals surface area contributed by atoms with Gasteiger partial charge in [0.25, 0.3) is 0 Å². The first kappa shape index (κ1) is 18.3. The maximum Gasteiger partial charge on any atom is 0.484 e. The van der Waals surface area contributed by atoms with E-state index in [2.05, 4.69) is 0 Å². The normalized spacial score (nSPS) is 11.2. The molecule has 0 saturated heterocycles. The lowest BCUT2D eigenvalue weighted by molar-refractivity contribution is 0.107. The van der Waals surface area contributed by atoms with Crippen molar-refractivity contribution < 1.29 is 13.3 Å². The third-order valence-electron chi connectivity index (χ3n) is 0.908. The smallest absolute Gasteiger partial charge is 0.376 e. The predicted molar refractivity (Wildman–Crippen MR) is 71.2 cm³/mol. The quantitative estimate of drug-likeness (QED) is 0.556. The van der Waals surface area contributed by atoms with Gasteiger partial charge in [0.15, 0.2) is 0 Å². The Morgan fingerprint density at radius 1 is 0.867 bits per heavy atom. The maximum absolute atomic E-state index is 5.43. The highest BCUT2D eigenvalue weighted by Crippen LogP contribution is 2.10. The van der Waals surface area contributed by atoms with Crippen molar-refractivity contribution >= 4 is 38.4 Å². The molecule has 0 unspecified atom stereocenters. The van der Waals surface area contributed by atoms with Gasteiger partial charge in [0.1, 0.15) is 0 Å². The molecule has 0 aliphatic rings. The summed E-state index contributed by atoms with van der Waals surface area (Å²) >= 11 is 10.9. The molecule has 0 rings (SSSR count). The topological polar surface area (TPSA) is 27.7 Å². The molecule has 0 atom stereocenters. The summed E-state index contributed by atoms with van der Waals surface area (Å²) < 4.78 is 15.7. The van der Waals surface area contributed by atoms with Gasteiger partial charge in [0.05, 0.1) is 0 Å². The Kier molecular flexibility index (Phi) is 13.9. The minimum atomic E-state index is -1.73. The molecule has 0 heterocycles. The third-order valence-corrected chi connectivity index (χ3v) is 2.72. The van der Waals surface area contributed by atoms with Gasteiger partial charge in [-0.05, 0) is 33.9 Å². The Morgan fingerprint density at radius 2 is 1.07 bits per heavy atom. The molecular formula is C8H22Cl2O3Si2. The SMILES string of the molecule is CCO[SiH](OCC)OCC.C[Si](C)(Cl)Cl. The van der Waals surface area contributed by atoms with Crippen molar-refractivity contribution in [1.29, 1.82) is 0 Å². The summed E-state index contributed by atoms with van der Waals surface area (Å²) in [6, 6.07) is 0. The first-order chi connectivity index (χ1) is 6.85. The summed E-state index contributed by atoms with van der Waals surface area (Å²) in [5.41, 5.74) is 0. The van der Waals surface area contributed by atoms with E-state index in [1.54, 1.807) is 0 Å². The Bertz CT molecular complexity index is 113. The number of rotatable bonds is 6. The van der Waals surface area contributed by atoms with Gasteiger partial charge in [-0.15, -0.1) is 22.2 Å². The molecule has 7 heteroatoms. The summed E-state index contributed by atoms with van der Waals surface area (Å²) in [4.78, 5) is 0. The van der Waals surface area contributed by atoms with Crippen molar-refractivity contribution in [2.24, 2.45) is 0 Å². The van der Waals surface area contributed by atoms with Crippen LogP contribution in [0.2, 0.25) is 13.1 Å². The van der Waals surface area contributed by atoms with Gasteiger partial charge in [-0.1, -0.05) is 0 Å². The summed E-state index contributed by atoms with van der Waals surface area (Å²) in [6.45, 7) is 9.91.